The van der Waals surface area contributed by atoms with Crippen LogP contribution in [0.1, 0.15) is 30.5 Å². The van der Waals surface area contributed by atoms with E-state index in [0.29, 0.717) is 11.1 Å². The van der Waals surface area contributed by atoms with Crippen molar-refractivity contribution in [2.45, 2.75) is 19.4 Å². The van der Waals surface area contributed by atoms with Crippen molar-refractivity contribution in [3.8, 4) is 45.8 Å². The van der Waals surface area contributed by atoms with E-state index in [2.05, 4.69) is 216 Å². The fraction of sp³-hybridized carbons (Fsp3) is 0.0423. The van der Waals surface area contributed by atoms with Crippen LogP contribution in [0.15, 0.2) is 233 Å². The fourth-order valence-corrected chi connectivity index (χ4v) is 13.3. The molecule has 7 heteroatoms. The smallest absolute Gasteiger partial charge is 0.137 e. The Hall–Kier alpha value is -10.6. The molecule has 0 unspecified atom stereocenters. The van der Waals surface area contributed by atoms with E-state index >= 15 is 0 Å². The van der Waals surface area contributed by atoms with E-state index in [1.165, 1.54) is 0 Å². The number of hydrogen-bond acceptors (Lipinski definition) is 4. The van der Waals surface area contributed by atoms with Crippen molar-refractivity contribution < 1.29 is 8.83 Å². The van der Waals surface area contributed by atoms with Crippen molar-refractivity contribution in [3.05, 3.63) is 241 Å². The summed E-state index contributed by atoms with van der Waals surface area (Å²) in [5.41, 5.74) is 16.0. The van der Waals surface area contributed by atoms with Crippen LogP contribution in [0, 0.1) is 22.7 Å². The van der Waals surface area contributed by atoms with Crippen molar-refractivity contribution in [2.24, 2.45) is 0 Å². The summed E-state index contributed by atoms with van der Waals surface area (Å²) in [7, 11) is 0. The largest absolute Gasteiger partial charge is 0.456 e. The molecule has 0 aliphatic carbocycles. The van der Waals surface area contributed by atoms with E-state index in [1.807, 2.05) is 48.5 Å². The van der Waals surface area contributed by atoms with Crippen LogP contribution in [-0.4, -0.2) is 13.7 Å². The van der Waals surface area contributed by atoms with Crippen LogP contribution in [0.25, 0.3) is 143 Å². The Morgan fingerprint density at radius 1 is 0.359 bits per heavy atom. The Morgan fingerprint density at radius 3 is 1.18 bits per heavy atom. The molecule has 16 rings (SSSR count). The number of nitrogens with zero attached hydrogens (tertiary/aromatic N) is 5. The zero-order valence-electron chi connectivity index (χ0n) is 42.4. The second-order valence-electron chi connectivity index (χ2n) is 20.9. The zero-order valence-corrected chi connectivity index (χ0v) is 42.4. The molecule has 364 valence electrons. The highest BCUT2D eigenvalue weighted by molar-refractivity contribution is 6.27. The molecule has 0 aliphatic rings. The lowest BCUT2D eigenvalue weighted by molar-refractivity contribution is 0.462. The molecule has 0 N–H and O–H groups in total. The van der Waals surface area contributed by atoms with Gasteiger partial charge in [-0.1, -0.05) is 133 Å². The van der Waals surface area contributed by atoms with Crippen molar-refractivity contribution >= 4 is 109 Å². The van der Waals surface area contributed by atoms with Gasteiger partial charge in [0.2, 0.25) is 0 Å². The summed E-state index contributed by atoms with van der Waals surface area (Å²) in [6.07, 6.45) is 0. The maximum absolute atomic E-state index is 10.7. The summed E-state index contributed by atoms with van der Waals surface area (Å²) < 4.78 is 21.1. The van der Waals surface area contributed by atoms with Crippen LogP contribution in [0.3, 0.4) is 0 Å². The van der Waals surface area contributed by atoms with Crippen LogP contribution in [0.5, 0.6) is 0 Å². The predicted molar refractivity (Wildman–Crippen MR) is 318 cm³/mol. The van der Waals surface area contributed by atoms with E-state index in [-0.39, 0.29) is 0 Å². The van der Waals surface area contributed by atoms with Gasteiger partial charge in [-0.25, -0.2) is 0 Å². The van der Waals surface area contributed by atoms with E-state index in [1.54, 1.807) is 0 Å². The van der Waals surface area contributed by atoms with Crippen LogP contribution in [-0.2, 0) is 5.54 Å². The topological polar surface area (TPSA) is 88.7 Å². The molecule has 11 aromatic carbocycles. The lowest BCUT2D eigenvalue weighted by atomic mass is 9.82. The first kappa shape index (κ1) is 43.8. The van der Waals surface area contributed by atoms with Gasteiger partial charge in [-0.2, -0.15) is 10.5 Å². The van der Waals surface area contributed by atoms with E-state index < -0.39 is 5.54 Å². The standard InChI is InChI=1S/C71H43N5O2/c1-71(2,76-58-29-11-5-21-46(58)47-22-6-12-30-59(47)76)66-69(74-56-27-9-3-23-48(56)50-33-35-62-64(67(50)74)52-25-7-13-31-60(52)77-62)54(44-19-15-17-42(37-44)40-72)39-55(45-20-16-18-43(38-45)41-73)70(66)75-57-28-10-4-24-49(57)51-34-36-63-65(68(51)75)53-26-8-14-32-61(53)78-63/h3-39H,1-2H3. The van der Waals surface area contributed by atoms with Gasteiger partial charge < -0.3 is 22.5 Å². The van der Waals surface area contributed by atoms with Crippen LogP contribution in [0.4, 0.5) is 0 Å². The number of para-hydroxylation sites is 6. The quantitative estimate of drug-likeness (QED) is 0.166. The molecule has 0 fully saturated rings. The van der Waals surface area contributed by atoms with E-state index in [4.69, 9.17) is 8.83 Å². The number of fused-ring (bicyclic) bond motifs is 17. The lowest BCUT2D eigenvalue weighted by Crippen LogP contribution is -2.31. The normalized spacial score (nSPS) is 12.2. The molecule has 0 saturated carbocycles. The van der Waals surface area contributed by atoms with Gasteiger partial charge in [-0.05, 0) is 116 Å². The van der Waals surface area contributed by atoms with Gasteiger partial charge in [0.1, 0.15) is 22.3 Å². The number of nitriles is 2. The lowest BCUT2D eigenvalue weighted by Gasteiger charge is -2.37. The Balaban J connectivity index is 1.25. The summed E-state index contributed by atoms with van der Waals surface area (Å²) in [4.78, 5) is 0. The first-order chi connectivity index (χ1) is 38.4. The molecule has 0 aliphatic heterocycles. The zero-order chi connectivity index (χ0) is 52.0. The third-order valence-electron chi connectivity index (χ3n) is 16.4. The predicted octanol–water partition coefficient (Wildman–Crippen LogP) is 18.6. The van der Waals surface area contributed by atoms with E-state index in [0.717, 1.165) is 148 Å². The molecular weight excluding hydrogens is 955 g/mol. The average Bonchev–Trinajstić information content (AvgIpc) is 3.82. The Labute approximate surface area is 446 Å². The van der Waals surface area contributed by atoms with Gasteiger partial charge in [-0.15, -0.1) is 0 Å². The Bertz CT molecular complexity index is 5030. The molecule has 16 aromatic rings. The van der Waals surface area contributed by atoms with Gasteiger partial charge in [0, 0.05) is 70.8 Å². The van der Waals surface area contributed by atoms with Crippen molar-refractivity contribution in [3.63, 3.8) is 0 Å². The highest BCUT2D eigenvalue weighted by Gasteiger charge is 2.39. The highest BCUT2D eigenvalue weighted by atomic mass is 16.3. The summed E-state index contributed by atoms with van der Waals surface area (Å²) in [5.74, 6) is 0. The maximum Gasteiger partial charge on any atom is 0.137 e. The second kappa shape index (κ2) is 16.2. The first-order valence-electron chi connectivity index (χ1n) is 26.3. The minimum Gasteiger partial charge on any atom is -0.456 e. The van der Waals surface area contributed by atoms with E-state index in [9.17, 15) is 10.5 Å². The minimum atomic E-state index is -0.939. The molecule has 5 aromatic heterocycles. The molecule has 5 heterocycles. The number of hydrogen-bond donors (Lipinski definition) is 0. The molecular formula is C71H43N5O2. The van der Waals surface area contributed by atoms with Crippen LogP contribution < -0.4 is 0 Å². The molecule has 0 bridgehead atoms. The molecule has 0 atom stereocenters. The third-order valence-corrected chi connectivity index (χ3v) is 16.4. The summed E-state index contributed by atoms with van der Waals surface area (Å²) in [6, 6.07) is 83.6. The monoisotopic (exact) mass is 997 g/mol. The third kappa shape index (κ3) is 5.96. The Kier molecular flexibility index (Phi) is 9.09. The molecule has 0 amide bonds. The van der Waals surface area contributed by atoms with Crippen LogP contribution in [0.2, 0.25) is 0 Å². The van der Waals surface area contributed by atoms with Gasteiger partial charge >= 0.3 is 0 Å². The van der Waals surface area contributed by atoms with Crippen LogP contribution >= 0.6 is 0 Å². The fourth-order valence-electron chi connectivity index (χ4n) is 13.3. The number of benzene rings is 11. The second-order valence-corrected chi connectivity index (χ2v) is 20.9. The van der Waals surface area contributed by atoms with Gasteiger partial charge in [0.05, 0.1) is 73.0 Å². The number of rotatable bonds is 6. The van der Waals surface area contributed by atoms with Gasteiger partial charge in [-0.3, -0.25) is 0 Å². The highest BCUT2D eigenvalue weighted by Crippen LogP contribution is 2.54. The molecule has 0 spiro atoms. The van der Waals surface area contributed by atoms with Gasteiger partial charge in [0.25, 0.3) is 0 Å². The van der Waals surface area contributed by atoms with Gasteiger partial charge in [0.15, 0.2) is 0 Å². The van der Waals surface area contributed by atoms with Crippen molar-refractivity contribution in [1.29, 1.82) is 10.5 Å². The van der Waals surface area contributed by atoms with Crippen molar-refractivity contribution in [1.82, 2.24) is 13.7 Å². The summed E-state index contributed by atoms with van der Waals surface area (Å²) in [6.45, 7) is 4.74. The molecule has 0 saturated heterocycles. The average molecular weight is 998 g/mol. The molecule has 0 radical (unpaired) electrons. The summed E-state index contributed by atoms with van der Waals surface area (Å²) in [5, 5.41) is 32.2. The summed E-state index contributed by atoms with van der Waals surface area (Å²) >= 11 is 0. The SMILES string of the molecule is CC(C)(c1c(-n2c3ccccc3c3ccc4oc5ccccc5c4c32)c(-c2cccc(C#N)c2)cc(-c2cccc(C#N)c2)c1-n1c2ccccc2c2ccc3oc4ccccc4c3c21)n1c2ccccc2c2ccccc21. The molecule has 7 nitrogen and oxygen atoms in total. The first-order valence-corrected chi connectivity index (χ1v) is 26.3. The maximum atomic E-state index is 10.7. The minimum absolute atomic E-state index is 0.542. The van der Waals surface area contributed by atoms with Crippen molar-refractivity contribution in [2.75, 3.05) is 0 Å². The molecule has 78 heavy (non-hydrogen) atoms. The number of aromatic nitrogens is 3. The number of furan rings is 2. The Morgan fingerprint density at radius 2 is 0.744 bits per heavy atom.